The molecule has 2 heteroatoms. The first-order chi connectivity index (χ1) is 25.8. The zero-order valence-corrected chi connectivity index (χ0v) is 28.6. The molecule has 1 aromatic heterocycles. The summed E-state index contributed by atoms with van der Waals surface area (Å²) in [7, 11) is 0. The molecular formula is C50H35NO. The molecule has 246 valence electrons. The fraction of sp³-hybridized carbons (Fsp3) is 0.0400. The molecular weight excluding hydrogens is 631 g/mol. The van der Waals surface area contributed by atoms with Gasteiger partial charge in [0.15, 0.2) is 0 Å². The Labute approximate surface area is 303 Å². The Morgan fingerprint density at radius 1 is 0.462 bits per heavy atom. The van der Waals surface area contributed by atoms with E-state index in [9.17, 15) is 0 Å². The van der Waals surface area contributed by atoms with Crippen LogP contribution in [0.5, 0.6) is 0 Å². The van der Waals surface area contributed by atoms with Crippen LogP contribution in [0.3, 0.4) is 0 Å². The molecule has 0 radical (unpaired) electrons. The summed E-state index contributed by atoms with van der Waals surface area (Å²) in [5, 5.41) is 6.98. The van der Waals surface area contributed by atoms with E-state index in [2.05, 4.69) is 199 Å². The summed E-state index contributed by atoms with van der Waals surface area (Å²) < 4.78 is 6.88. The third-order valence-electron chi connectivity index (χ3n) is 10.6. The average Bonchev–Trinajstić information content (AvgIpc) is 3.61. The summed E-state index contributed by atoms with van der Waals surface area (Å²) in [6, 6.07) is 61.4. The van der Waals surface area contributed by atoms with Gasteiger partial charge in [0.2, 0.25) is 0 Å². The van der Waals surface area contributed by atoms with Crippen molar-refractivity contribution in [3.05, 3.63) is 200 Å². The molecule has 1 aliphatic carbocycles. The number of fused-ring (bicyclic) bond motifs is 6. The maximum Gasteiger partial charge on any atom is 0.143 e. The van der Waals surface area contributed by atoms with Crippen molar-refractivity contribution in [3.63, 3.8) is 0 Å². The second-order valence-corrected chi connectivity index (χ2v) is 13.6. The Balaban J connectivity index is 1.22. The molecule has 0 saturated carbocycles. The molecule has 8 aromatic carbocycles. The van der Waals surface area contributed by atoms with Crippen LogP contribution in [0.4, 0.5) is 17.1 Å². The standard InChI is InChI=1S/C50H35NO/c1-3-15-35(16-4-1)41-31-29-40(33-47(41)36-17-5-2-6-18-36)51(39-28-26-34-14-7-8-20-38(34)32-39)48-25-12-11-22-43(48)44-23-13-24-45-46-30-27-37-19-9-10-21-42(37)49(46)52-50(44)45/h1-15,17-33,35H,16H2. The van der Waals surface area contributed by atoms with Gasteiger partial charge in [-0.1, -0.05) is 158 Å². The highest BCUT2D eigenvalue weighted by Crippen LogP contribution is 2.47. The lowest BCUT2D eigenvalue weighted by atomic mass is 9.86. The predicted molar refractivity (Wildman–Crippen MR) is 220 cm³/mol. The number of furan rings is 1. The minimum Gasteiger partial charge on any atom is -0.455 e. The van der Waals surface area contributed by atoms with Crippen LogP contribution in [-0.4, -0.2) is 0 Å². The molecule has 9 aromatic rings. The number of nitrogens with zero attached hydrogens (tertiary/aromatic N) is 1. The van der Waals surface area contributed by atoms with E-state index in [0.29, 0.717) is 5.92 Å². The first-order valence-electron chi connectivity index (χ1n) is 18.0. The molecule has 0 amide bonds. The smallest absolute Gasteiger partial charge is 0.143 e. The molecule has 1 aliphatic rings. The van der Waals surface area contributed by atoms with E-state index in [1.807, 2.05) is 0 Å². The molecule has 1 atom stereocenters. The Kier molecular flexibility index (Phi) is 7.32. The van der Waals surface area contributed by atoms with Gasteiger partial charge in [0, 0.05) is 44.6 Å². The molecule has 52 heavy (non-hydrogen) atoms. The van der Waals surface area contributed by atoms with Gasteiger partial charge >= 0.3 is 0 Å². The Bertz CT molecular complexity index is 2840. The van der Waals surface area contributed by atoms with E-state index in [1.54, 1.807) is 0 Å². The monoisotopic (exact) mass is 665 g/mol. The number of rotatable bonds is 6. The minimum absolute atomic E-state index is 0.317. The van der Waals surface area contributed by atoms with Crippen molar-refractivity contribution < 1.29 is 4.42 Å². The predicted octanol–water partition coefficient (Wildman–Crippen LogP) is 14.3. The van der Waals surface area contributed by atoms with E-state index >= 15 is 0 Å². The molecule has 2 nitrogen and oxygen atoms in total. The third kappa shape index (κ3) is 5.11. The Hall–Kier alpha value is -6.64. The number of hydrogen-bond donors (Lipinski definition) is 0. The zero-order chi connectivity index (χ0) is 34.4. The molecule has 10 rings (SSSR count). The van der Waals surface area contributed by atoms with Gasteiger partial charge in [-0.3, -0.25) is 0 Å². The molecule has 1 unspecified atom stereocenters. The molecule has 0 bridgehead atoms. The van der Waals surface area contributed by atoms with Crippen molar-refractivity contribution in [2.45, 2.75) is 12.3 Å². The van der Waals surface area contributed by atoms with E-state index in [4.69, 9.17) is 4.42 Å². The highest BCUT2D eigenvalue weighted by Gasteiger charge is 2.23. The van der Waals surface area contributed by atoms with Crippen molar-refractivity contribution in [1.29, 1.82) is 0 Å². The lowest BCUT2D eigenvalue weighted by Crippen LogP contribution is -2.12. The molecule has 0 N–H and O–H groups in total. The fourth-order valence-electron chi connectivity index (χ4n) is 8.06. The molecule has 0 aliphatic heterocycles. The molecule has 0 fully saturated rings. The molecule has 0 saturated heterocycles. The van der Waals surface area contributed by atoms with Crippen molar-refractivity contribution in [2.75, 3.05) is 4.90 Å². The van der Waals surface area contributed by atoms with Gasteiger partial charge in [0.05, 0.1) is 5.69 Å². The quantitative estimate of drug-likeness (QED) is 0.176. The first kappa shape index (κ1) is 30.2. The Morgan fingerprint density at radius 2 is 1.15 bits per heavy atom. The number of anilines is 3. The first-order valence-corrected chi connectivity index (χ1v) is 18.0. The second-order valence-electron chi connectivity index (χ2n) is 13.6. The second kappa shape index (κ2) is 12.6. The molecule has 1 heterocycles. The number of para-hydroxylation sites is 2. The van der Waals surface area contributed by atoms with Crippen molar-refractivity contribution >= 4 is 60.5 Å². The van der Waals surface area contributed by atoms with E-state index in [-0.39, 0.29) is 0 Å². The Morgan fingerprint density at radius 3 is 2.04 bits per heavy atom. The van der Waals surface area contributed by atoms with E-state index in [1.165, 1.54) is 32.8 Å². The average molecular weight is 666 g/mol. The van der Waals surface area contributed by atoms with Gasteiger partial charge in [-0.15, -0.1) is 0 Å². The lowest BCUT2D eigenvalue weighted by molar-refractivity contribution is 0.674. The minimum atomic E-state index is 0.317. The van der Waals surface area contributed by atoms with Crippen LogP contribution in [0, 0.1) is 0 Å². The van der Waals surface area contributed by atoms with Gasteiger partial charge in [-0.2, -0.15) is 0 Å². The largest absolute Gasteiger partial charge is 0.455 e. The number of allylic oxidation sites excluding steroid dienone is 4. The maximum absolute atomic E-state index is 6.88. The van der Waals surface area contributed by atoms with Crippen LogP contribution in [0.1, 0.15) is 17.9 Å². The summed E-state index contributed by atoms with van der Waals surface area (Å²) in [6.45, 7) is 0. The van der Waals surface area contributed by atoms with Crippen molar-refractivity contribution in [1.82, 2.24) is 0 Å². The highest BCUT2D eigenvalue weighted by atomic mass is 16.3. The summed E-state index contributed by atoms with van der Waals surface area (Å²) in [5.41, 5.74) is 11.1. The van der Waals surface area contributed by atoms with Crippen LogP contribution < -0.4 is 4.90 Å². The van der Waals surface area contributed by atoms with Gasteiger partial charge in [-0.05, 0) is 75.7 Å². The fourth-order valence-corrected chi connectivity index (χ4v) is 8.06. The van der Waals surface area contributed by atoms with Gasteiger partial charge in [0.25, 0.3) is 0 Å². The van der Waals surface area contributed by atoms with Gasteiger partial charge in [0.1, 0.15) is 11.2 Å². The van der Waals surface area contributed by atoms with Crippen LogP contribution in [0.15, 0.2) is 199 Å². The highest BCUT2D eigenvalue weighted by molar-refractivity contribution is 6.17. The zero-order valence-electron chi connectivity index (χ0n) is 28.6. The maximum atomic E-state index is 6.88. The van der Waals surface area contributed by atoms with E-state index < -0.39 is 0 Å². The number of hydrogen-bond acceptors (Lipinski definition) is 2. The van der Waals surface area contributed by atoms with Crippen LogP contribution >= 0.6 is 0 Å². The van der Waals surface area contributed by atoms with Crippen molar-refractivity contribution in [2.24, 2.45) is 0 Å². The van der Waals surface area contributed by atoms with Crippen LogP contribution in [0.2, 0.25) is 0 Å². The lowest BCUT2D eigenvalue weighted by Gasteiger charge is -2.29. The summed E-state index contributed by atoms with van der Waals surface area (Å²) >= 11 is 0. The topological polar surface area (TPSA) is 16.4 Å². The summed E-state index contributed by atoms with van der Waals surface area (Å²) in [6.07, 6.45) is 9.91. The molecule has 0 spiro atoms. The van der Waals surface area contributed by atoms with Crippen LogP contribution in [0.25, 0.3) is 65.7 Å². The van der Waals surface area contributed by atoms with Gasteiger partial charge < -0.3 is 9.32 Å². The van der Waals surface area contributed by atoms with Crippen LogP contribution in [-0.2, 0) is 0 Å². The summed E-state index contributed by atoms with van der Waals surface area (Å²) in [5.74, 6) is 0.317. The van der Waals surface area contributed by atoms with E-state index in [0.717, 1.165) is 61.9 Å². The normalized spacial score (nSPS) is 14.1. The summed E-state index contributed by atoms with van der Waals surface area (Å²) in [4.78, 5) is 2.42. The van der Waals surface area contributed by atoms with Crippen molar-refractivity contribution in [3.8, 4) is 22.3 Å². The van der Waals surface area contributed by atoms with Gasteiger partial charge in [-0.25, -0.2) is 0 Å². The number of benzene rings is 8. The third-order valence-corrected chi connectivity index (χ3v) is 10.6. The SMILES string of the molecule is C1=CCC(c2ccc(N(c3ccc4ccccc4c3)c3ccccc3-c3cccc4c3oc3c5ccccc5ccc43)cc2-c2ccccc2)C=C1.